The lowest BCUT2D eigenvalue weighted by atomic mass is 10.1. The first kappa shape index (κ1) is 16.4. The molecule has 6 nitrogen and oxygen atoms in total. The molecule has 0 bridgehead atoms. The van der Waals surface area contributed by atoms with Gasteiger partial charge in [0.05, 0.1) is 5.56 Å². The maximum atomic E-state index is 13.1. The molecule has 0 spiro atoms. The lowest BCUT2D eigenvalue weighted by molar-refractivity contribution is -0.137. The summed E-state index contributed by atoms with van der Waals surface area (Å²) in [6.07, 6.45) is -3.88. The number of rotatable bonds is 3. The molecule has 0 unspecified atom stereocenters. The minimum Gasteiger partial charge on any atom is -0.368 e. The van der Waals surface area contributed by atoms with Crippen LogP contribution in [-0.4, -0.2) is 33.8 Å². The number of alkyl halides is 3. The molecule has 0 radical (unpaired) electrons. The van der Waals surface area contributed by atoms with Gasteiger partial charge in [0.15, 0.2) is 5.82 Å². The monoisotopic (exact) mass is 340 g/mol. The van der Waals surface area contributed by atoms with Gasteiger partial charge in [0.1, 0.15) is 11.9 Å². The Hall–Kier alpha value is -2.42. The van der Waals surface area contributed by atoms with Crippen molar-refractivity contribution in [3.05, 3.63) is 29.6 Å². The van der Waals surface area contributed by atoms with Crippen molar-refractivity contribution in [2.24, 2.45) is 0 Å². The third-order valence-electron chi connectivity index (χ3n) is 3.61. The molecule has 0 saturated carbocycles. The Morgan fingerprint density at radius 2 is 2.17 bits per heavy atom. The molecule has 1 atom stereocenters. The number of anilines is 1. The number of aromatic nitrogens is 3. The van der Waals surface area contributed by atoms with Crippen molar-refractivity contribution in [1.82, 2.24) is 15.2 Å². The number of nitrogens with one attached hydrogen (secondary N) is 2. The molecule has 1 fully saturated rings. The Kier molecular flexibility index (Phi) is 4.27. The average Bonchev–Trinajstić information content (AvgIpc) is 3.17. The second kappa shape index (κ2) is 6.23. The van der Waals surface area contributed by atoms with Crippen LogP contribution in [0.25, 0.3) is 11.4 Å². The number of carbonyl (C=O) groups is 1. The van der Waals surface area contributed by atoms with E-state index in [4.69, 9.17) is 4.74 Å². The van der Waals surface area contributed by atoms with E-state index >= 15 is 0 Å². The third-order valence-corrected chi connectivity index (χ3v) is 3.61. The quantitative estimate of drug-likeness (QED) is 0.900. The summed E-state index contributed by atoms with van der Waals surface area (Å²) in [6, 6.07) is 3.24. The highest BCUT2D eigenvalue weighted by Crippen LogP contribution is 2.34. The van der Waals surface area contributed by atoms with Crippen LogP contribution in [0.2, 0.25) is 0 Å². The minimum absolute atomic E-state index is 0.0304. The van der Waals surface area contributed by atoms with Crippen LogP contribution in [0.15, 0.2) is 18.2 Å². The number of benzene rings is 1. The van der Waals surface area contributed by atoms with Crippen molar-refractivity contribution in [3.8, 4) is 11.4 Å². The predicted octanol–water partition coefficient (Wildman–Crippen LogP) is 2.92. The van der Waals surface area contributed by atoms with Gasteiger partial charge in [-0.15, -0.1) is 0 Å². The Bertz CT molecular complexity index is 751. The summed E-state index contributed by atoms with van der Waals surface area (Å²) in [5, 5.41) is 8.93. The summed E-state index contributed by atoms with van der Waals surface area (Å²) < 4.78 is 44.6. The molecule has 1 saturated heterocycles. The summed E-state index contributed by atoms with van der Waals surface area (Å²) >= 11 is 0. The molecule has 2 heterocycles. The van der Waals surface area contributed by atoms with Crippen molar-refractivity contribution < 1.29 is 22.7 Å². The fourth-order valence-electron chi connectivity index (χ4n) is 2.47. The normalized spacial score (nSPS) is 17.9. The fraction of sp³-hybridized carbons (Fsp3) is 0.400. The van der Waals surface area contributed by atoms with Gasteiger partial charge in [0.25, 0.3) is 5.91 Å². The molecule has 1 aliphatic rings. The predicted molar refractivity (Wildman–Crippen MR) is 79.2 cm³/mol. The van der Waals surface area contributed by atoms with Gasteiger partial charge in [-0.05, 0) is 38.0 Å². The molecule has 2 aromatic rings. The van der Waals surface area contributed by atoms with E-state index in [1.54, 1.807) is 6.92 Å². The number of hydrogen-bond acceptors (Lipinski definition) is 4. The van der Waals surface area contributed by atoms with E-state index < -0.39 is 23.8 Å². The summed E-state index contributed by atoms with van der Waals surface area (Å²) in [6.45, 7) is 2.12. The number of nitrogens with zero attached hydrogens (tertiary/aromatic N) is 2. The van der Waals surface area contributed by atoms with Gasteiger partial charge in [0.2, 0.25) is 0 Å². The van der Waals surface area contributed by atoms with Crippen LogP contribution >= 0.6 is 0 Å². The molecule has 1 aliphatic heterocycles. The van der Waals surface area contributed by atoms with Gasteiger partial charge in [-0.2, -0.15) is 18.3 Å². The molecule has 1 aromatic carbocycles. The van der Waals surface area contributed by atoms with Gasteiger partial charge in [0, 0.05) is 17.9 Å². The van der Waals surface area contributed by atoms with Gasteiger partial charge < -0.3 is 10.1 Å². The topological polar surface area (TPSA) is 79.9 Å². The molecule has 128 valence electrons. The highest BCUT2D eigenvalue weighted by atomic mass is 19.4. The zero-order chi connectivity index (χ0) is 17.3. The minimum atomic E-state index is -4.55. The van der Waals surface area contributed by atoms with Crippen molar-refractivity contribution in [2.45, 2.75) is 32.0 Å². The Balaban J connectivity index is 1.94. The van der Waals surface area contributed by atoms with Gasteiger partial charge in [-0.25, -0.2) is 4.98 Å². The maximum Gasteiger partial charge on any atom is 0.416 e. The summed E-state index contributed by atoms with van der Waals surface area (Å²) in [7, 11) is 0. The Morgan fingerprint density at radius 3 is 2.75 bits per heavy atom. The number of carbonyl (C=O) groups excluding carboxylic acids is 1. The van der Waals surface area contributed by atoms with E-state index in [0.29, 0.717) is 18.9 Å². The Morgan fingerprint density at radius 1 is 1.38 bits per heavy atom. The van der Waals surface area contributed by atoms with E-state index in [1.807, 2.05) is 0 Å². The lowest BCUT2D eigenvalue weighted by Gasteiger charge is -2.14. The molecule has 2 N–H and O–H groups in total. The molecule has 3 rings (SSSR count). The maximum absolute atomic E-state index is 13.1. The van der Waals surface area contributed by atoms with Crippen molar-refractivity contribution in [2.75, 3.05) is 11.9 Å². The second-order valence-corrected chi connectivity index (χ2v) is 5.53. The zero-order valence-electron chi connectivity index (χ0n) is 12.8. The van der Waals surface area contributed by atoms with Crippen molar-refractivity contribution in [1.29, 1.82) is 0 Å². The molecule has 0 aliphatic carbocycles. The number of hydrogen-bond donors (Lipinski definition) is 2. The summed E-state index contributed by atoms with van der Waals surface area (Å²) in [5.41, 5.74) is -0.690. The summed E-state index contributed by atoms with van der Waals surface area (Å²) in [5.74, 6) is 0.155. The van der Waals surface area contributed by atoms with Crippen LogP contribution in [0.3, 0.4) is 0 Å². The van der Waals surface area contributed by atoms with E-state index in [2.05, 4.69) is 20.5 Å². The van der Waals surface area contributed by atoms with Crippen LogP contribution in [0.4, 0.5) is 18.9 Å². The van der Waals surface area contributed by atoms with Crippen LogP contribution < -0.4 is 5.32 Å². The smallest absolute Gasteiger partial charge is 0.368 e. The van der Waals surface area contributed by atoms with Crippen LogP contribution in [0, 0.1) is 6.92 Å². The molecular formula is C15H15F3N4O2. The molecule has 1 aromatic heterocycles. The van der Waals surface area contributed by atoms with Crippen molar-refractivity contribution in [3.63, 3.8) is 0 Å². The van der Waals surface area contributed by atoms with Gasteiger partial charge >= 0.3 is 6.18 Å². The first-order valence-electron chi connectivity index (χ1n) is 7.37. The van der Waals surface area contributed by atoms with Crippen LogP contribution in [-0.2, 0) is 15.7 Å². The zero-order valence-corrected chi connectivity index (χ0v) is 12.8. The van der Waals surface area contributed by atoms with E-state index in [0.717, 1.165) is 18.6 Å². The number of H-pyrrole nitrogens is 1. The molecule has 24 heavy (non-hydrogen) atoms. The largest absolute Gasteiger partial charge is 0.416 e. The SMILES string of the molecule is Cc1nc(-c2cc(NC(=O)[C@H]3CCCO3)cc(C(F)(F)F)c2)n[nH]1. The molecule has 1 amide bonds. The highest BCUT2D eigenvalue weighted by Gasteiger charge is 2.32. The highest BCUT2D eigenvalue weighted by molar-refractivity contribution is 5.95. The second-order valence-electron chi connectivity index (χ2n) is 5.53. The molecule has 9 heteroatoms. The van der Waals surface area contributed by atoms with Gasteiger partial charge in [-0.3, -0.25) is 9.89 Å². The summed E-state index contributed by atoms with van der Waals surface area (Å²) in [4.78, 5) is 16.1. The first-order chi connectivity index (χ1) is 11.3. The number of halogens is 3. The number of aryl methyl sites for hydroxylation is 1. The lowest BCUT2D eigenvalue weighted by Crippen LogP contribution is -2.27. The molecular weight excluding hydrogens is 325 g/mol. The van der Waals surface area contributed by atoms with Crippen molar-refractivity contribution >= 4 is 11.6 Å². The number of aromatic amines is 1. The van der Waals surface area contributed by atoms with Crippen LogP contribution in [0.1, 0.15) is 24.2 Å². The van der Waals surface area contributed by atoms with Gasteiger partial charge in [-0.1, -0.05) is 0 Å². The number of ether oxygens (including phenoxy) is 1. The van der Waals surface area contributed by atoms with E-state index in [9.17, 15) is 18.0 Å². The van der Waals surface area contributed by atoms with E-state index in [-0.39, 0.29) is 17.1 Å². The standard InChI is InChI=1S/C15H15F3N4O2/c1-8-19-13(22-21-8)9-5-10(15(16,17)18)7-11(6-9)20-14(23)12-3-2-4-24-12/h5-7,12H,2-4H2,1H3,(H,20,23)(H,19,21,22)/t12-/m1/s1. The van der Waals surface area contributed by atoms with E-state index in [1.165, 1.54) is 6.07 Å². The average molecular weight is 340 g/mol. The van der Waals surface area contributed by atoms with Crippen LogP contribution in [0.5, 0.6) is 0 Å². The first-order valence-corrected chi connectivity index (χ1v) is 7.37. The number of amides is 1. The third kappa shape index (κ3) is 3.56. The Labute approximate surface area is 135 Å². The fourth-order valence-corrected chi connectivity index (χ4v) is 2.47.